The Balaban J connectivity index is 2.20. The maximum atomic E-state index is 12.0. The lowest BCUT2D eigenvalue weighted by Crippen LogP contribution is -2.28. The summed E-state index contributed by atoms with van der Waals surface area (Å²) in [5.74, 6) is -0.228. The van der Waals surface area contributed by atoms with Crippen molar-refractivity contribution in [3.05, 3.63) is 16.5 Å². The third kappa shape index (κ3) is 2.43. The number of nitrogens with two attached hydrogens (primary N) is 1. The minimum Gasteiger partial charge on any atom is -0.349 e. The summed E-state index contributed by atoms with van der Waals surface area (Å²) in [5, 5.41) is 9.52. The fraction of sp³-hybridized carbons (Fsp3) is 0.545. The lowest BCUT2D eigenvalue weighted by molar-refractivity contribution is 0.0946. The molecule has 1 aliphatic rings. The molecule has 1 heterocycles. The normalized spacial score (nSPS) is 21.7. The van der Waals surface area contributed by atoms with Gasteiger partial charge in [0.15, 0.2) is 0 Å². The Labute approximate surface area is 110 Å². The van der Waals surface area contributed by atoms with Gasteiger partial charge in [0.2, 0.25) is 10.0 Å². The van der Waals surface area contributed by atoms with Gasteiger partial charge in [0.05, 0.1) is 5.56 Å². The highest BCUT2D eigenvalue weighted by molar-refractivity contribution is 7.91. The fourth-order valence-corrected chi connectivity index (χ4v) is 3.87. The number of hydrogen-bond donors (Lipinski definition) is 2. The molecule has 3 N–H and O–H groups in total. The number of carbonyl (C=O) groups is 1. The number of nitrogens with one attached hydrogen (secondary N) is 1. The van der Waals surface area contributed by atoms with Gasteiger partial charge in [-0.2, -0.15) is 0 Å². The van der Waals surface area contributed by atoms with E-state index in [0.29, 0.717) is 11.1 Å². The van der Waals surface area contributed by atoms with Gasteiger partial charge in [-0.25, -0.2) is 13.6 Å². The largest absolute Gasteiger partial charge is 0.349 e. The third-order valence-corrected chi connectivity index (χ3v) is 6.00. The van der Waals surface area contributed by atoms with Crippen LogP contribution in [0.1, 0.15) is 36.2 Å². The first-order valence-corrected chi connectivity index (χ1v) is 7.97. The van der Waals surface area contributed by atoms with Crippen molar-refractivity contribution in [2.45, 2.75) is 37.4 Å². The summed E-state index contributed by atoms with van der Waals surface area (Å²) in [6.07, 6.45) is 0.948. The highest BCUT2D eigenvalue weighted by Gasteiger charge is 2.46. The van der Waals surface area contributed by atoms with Gasteiger partial charge in [-0.15, -0.1) is 11.3 Å². The molecule has 0 bridgehead atoms. The molecule has 1 fully saturated rings. The van der Waals surface area contributed by atoms with Crippen molar-refractivity contribution in [1.29, 1.82) is 0 Å². The lowest BCUT2D eigenvalue weighted by Gasteiger charge is -2.06. The van der Waals surface area contributed by atoms with E-state index in [1.807, 2.05) is 0 Å². The molecule has 1 aromatic rings. The van der Waals surface area contributed by atoms with Crippen LogP contribution >= 0.6 is 11.3 Å². The lowest BCUT2D eigenvalue weighted by atomic mass is 10.1. The van der Waals surface area contributed by atoms with Crippen LogP contribution in [0, 0.1) is 12.3 Å². The Bertz CT molecular complexity index is 602. The minimum absolute atomic E-state index is 0.0581. The standard InChI is InChI=1S/C11H16N2O3S2/c1-6-7(5-17-10(6)18(12,15)16)9(14)13-8-4-11(8,2)3/h5,8H,4H2,1-3H3,(H,13,14)(H2,12,15,16). The van der Waals surface area contributed by atoms with Gasteiger partial charge in [0, 0.05) is 11.4 Å². The van der Waals surface area contributed by atoms with Crippen molar-refractivity contribution in [2.24, 2.45) is 10.6 Å². The Morgan fingerprint density at radius 3 is 2.50 bits per heavy atom. The van der Waals surface area contributed by atoms with Crippen LogP contribution in [0.4, 0.5) is 0 Å². The van der Waals surface area contributed by atoms with Crippen LogP contribution in [0.5, 0.6) is 0 Å². The first-order chi connectivity index (χ1) is 8.13. The van der Waals surface area contributed by atoms with Crippen molar-refractivity contribution in [1.82, 2.24) is 5.32 Å². The molecule has 0 saturated heterocycles. The number of thiophene rings is 1. The summed E-state index contributed by atoms with van der Waals surface area (Å²) in [5.41, 5.74) is 0.965. The summed E-state index contributed by atoms with van der Waals surface area (Å²) in [6, 6.07) is 0.169. The molecular formula is C11H16N2O3S2. The van der Waals surface area contributed by atoms with Crippen molar-refractivity contribution >= 4 is 27.3 Å². The van der Waals surface area contributed by atoms with Crippen molar-refractivity contribution < 1.29 is 13.2 Å². The second-order valence-corrected chi connectivity index (χ2v) is 7.96. The van der Waals surface area contributed by atoms with E-state index in [4.69, 9.17) is 5.14 Å². The molecule has 100 valence electrons. The van der Waals surface area contributed by atoms with Crippen molar-refractivity contribution in [2.75, 3.05) is 0 Å². The third-order valence-electron chi connectivity index (χ3n) is 3.32. The highest BCUT2D eigenvalue weighted by atomic mass is 32.2. The number of sulfonamides is 1. The summed E-state index contributed by atoms with van der Waals surface area (Å²) >= 11 is 0.985. The monoisotopic (exact) mass is 288 g/mol. The molecule has 2 rings (SSSR count). The predicted molar refractivity (Wildman–Crippen MR) is 70.1 cm³/mol. The molecule has 0 aromatic carbocycles. The van der Waals surface area contributed by atoms with Gasteiger partial charge < -0.3 is 5.32 Å². The van der Waals surface area contributed by atoms with E-state index in [9.17, 15) is 13.2 Å². The first-order valence-electron chi connectivity index (χ1n) is 5.54. The van der Waals surface area contributed by atoms with Gasteiger partial charge in [0.1, 0.15) is 4.21 Å². The smallest absolute Gasteiger partial charge is 0.252 e. The van der Waals surface area contributed by atoms with Crippen molar-refractivity contribution in [3.8, 4) is 0 Å². The summed E-state index contributed by atoms with van der Waals surface area (Å²) < 4.78 is 22.6. The number of hydrogen-bond acceptors (Lipinski definition) is 4. The molecule has 1 unspecified atom stereocenters. The fourth-order valence-electron chi connectivity index (χ4n) is 1.85. The molecule has 1 aliphatic carbocycles. The Kier molecular flexibility index (Phi) is 3.03. The molecule has 0 spiro atoms. The van der Waals surface area contributed by atoms with E-state index in [0.717, 1.165) is 17.8 Å². The zero-order chi connectivity index (χ0) is 13.7. The molecule has 5 nitrogen and oxygen atoms in total. The zero-order valence-corrected chi connectivity index (χ0v) is 12.1. The quantitative estimate of drug-likeness (QED) is 0.876. The van der Waals surface area contributed by atoms with E-state index in [2.05, 4.69) is 19.2 Å². The van der Waals surface area contributed by atoms with E-state index < -0.39 is 10.0 Å². The van der Waals surface area contributed by atoms with E-state index >= 15 is 0 Å². The van der Waals surface area contributed by atoms with E-state index in [1.165, 1.54) is 0 Å². The van der Waals surface area contributed by atoms with Gasteiger partial charge >= 0.3 is 0 Å². The molecule has 0 aliphatic heterocycles. The molecule has 1 aromatic heterocycles. The number of rotatable bonds is 3. The number of amides is 1. The highest BCUT2D eigenvalue weighted by Crippen LogP contribution is 2.44. The minimum atomic E-state index is -3.74. The van der Waals surface area contributed by atoms with Gasteiger partial charge in [-0.05, 0) is 24.3 Å². The summed E-state index contributed by atoms with van der Waals surface area (Å²) in [4.78, 5) is 12.0. The molecule has 0 radical (unpaired) electrons. The van der Waals surface area contributed by atoms with Crippen LogP contribution in [-0.2, 0) is 10.0 Å². The van der Waals surface area contributed by atoms with Crippen LogP contribution in [0.15, 0.2) is 9.59 Å². The number of primary sulfonamides is 1. The molecule has 1 amide bonds. The molecule has 1 saturated carbocycles. The number of carbonyl (C=O) groups excluding carboxylic acids is 1. The van der Waals surface area contributed by atoms with Crippen LogP contribution in [-0.4, -0.2) is 20.4 Å². The summed E-state index contributed by atoms with van der Waals surface area (Å²) in [7, 11) is -3.74. The Morgan fingerprint density at radius 2 is 2.11 bits per heavy atom. The summed E-state index contributed by atoms with van der Waals surface area (Å²) in [6.45, 7) is 5.76. The van der Waals surface area contributed by atoms with E-state index in [1.54, 1.807) is 12.3 Å². The molecule has 1 atom stereocenters. The Hall–Kier alpha value is -0.920. The Morgan fingerprint density at radius 1 is 1.56 bits per heavy atom. The van der Waals surface area contributed by atoms with E-state index in [-0.39, 0.29) is 21.6 Å². The predicted octanol–water partition coefficient (Wildman–Crippen LogP) is 1.23. The average Bonchev–Trinajstić information content (AvgIpc) is 2.63. The molecule has 18 heavy (non-hydrogen) atoms. The van der Waals surface area contributed by atoms with Gasteiger partial charge in [-0.1, -0.05) is 13.8 Å². The van der Waals surface area contributed by atoms with Crippen molar-refractivity contribution in [3.63, 3.8) is 0 Å². The second-order valence-electron chi connectivity index (χ2n) is 5.33. The molecular weight excluding hydrogens is 272 g/mol. The first kappa shape index (κ1) is 13.5. The van der Waals surface area contributed by atoms with Gasteiger partial charge in [0.25, 0.3) is 5.91 Å². The maximum Gasteiger partial charge on any atom is 0.252 e. The molecule has 7 heteroatoms. The van der Waals surface area contributed by atoms with Crippen LogP contribution in [0.3, 0.4) is 0 Å². The van der Waals surface area contributed by atoms with Gasteiger partial charge in [-0.3, -0.25) is 4.79 Å². The SMILES string of the molecule is Cc1c(C(=O)NC2CC2(C)C)csc1S(N)(=O)=O. The zero-order valence-electron chi connectivity index (χ0n) is 10.5. The van der Waals surface area contributed by atoms with Crippen LogP contribution < -0.4 is 10.5 Å². The average molecular weight is 288 g/mol. The van der Waals surface area contributed by atoms with Crippen LogP contribution in [0.25, 0.3) is 0 Å². The second kappa shape index (κ2) is 4.04. The topological polar surface area (TPSA) is 89.3 Å². The van der Waals surface area contributed by atoms with Crippen LogP contribution in [0.2, 0.25) is 0 Å². The maximum absolute atomic E-state index is 12.0.